The Labute approximate surface area is 151 Å². The van der Waals surface area contributed by atoms with Crippen molar-refractivity contribution >= 4 is 42.2 Å². The molecule has 23 heavy (non-hydrogen) atoms. The van der Waals surface area contributed by atoms with E-state index in [1.54, 1.807) is 12.1 Å². The molecule has 2 aromatic rings. The molecule has 3 rings (SSSR count). The molecule has 0 saturated heterocycles. The summed E-state index contributed by atoms with van der Waals surface area (Å²) in [5.41, 5.74) is 7.29. The Kier molecular flexibility index (Phi) is 7.48. The van der Waals surface area contributed by atoms with Gasteiger partial charge in [0.25, 0.3) is 0 Å². The smallest absolute Gasteiger partial charge is 0.146 e. The normalized spacial score (nSPS) is 19.1. The maximum atomic E-state index is 13.8. The Morgan fingerprint density at radius 2 is 2.00 bits per heavy atom. The second-order valence-electron chi connectivity index (χ2n) is 5.32. The summed E-state index contributed by atoms with van der Waals surface area (Å²) in [6.07, 6.45) is 3.44. The number of halogens is 4. The zero-order valence-corrected chi connectivity index (χ0v) is 14.6. The molecule has 0 atom stereocenters. The Morgan fingerprint density at radius 3 is 2.70 bits per heavy atom. The molecular weight excluding hydrogens is 362 g/mol. The van der Waals surface area contributed by atoms with Gasteiger partial charge in [0.15, 0.2) is 0 Å². The van der Waals surface area contributed by atoms with E-state index in [2.05, 4.69) is 15.3 Å². The van der Waals surface area contributed by atoms with Crippen LogP contribution in [0.3, 0.4) is 0 Å². The van der Waals surface area contributed by atoms with E-state index >= 15 is 0 Å². The van der Waals surface area contributed by atoms with Gasteiger partial charge < -0.3 is 11.1 Å². The van der Waals surface area contributed by atoms with Crippen LogP contribution in [-0.4, -0.2) is 16.0 Å². The number of nitrogens with zero attached hydrogens (tertiary/aromatic N) is 2. The molecule has 1 heterocycles. The quantitative estimate of drug-likeness (QED) is 0.845. The molecule has 0 unspecified atom stereocenters. The number of nitrogens with two attached hydrogens (primary N) is 1. The van der Waals surface area contributed by atoms with Crippen molar-refractivity contribution in [2.45, 2.75) is 31.3 Å². The van der Waals surface area contributed by atoms with Gasteiger partial charge in [0.05, 0.1) is 5.02 Å². The van der Waals surface area contributed by atoms with Gasteiger partial charge in [0.2, 0.25) is 0 Å². The summed E-state index contributed by atoms with van der Waals surface area (Å²) in [5, 5.41) is 3.23. The van der Waals surface area contributed by atoms with Crippen LogP contribution in [0.2, 0.25) is 5.02 Å². The summed E-state index contributed by atoms with van der Waals surface area (Å²) < 4.78 is 13.8. The number of hydrogen-bond donors (Lipinski definition) is 2. The number of nitrogens with one attached hydrogen (secondary N) is 1. The second-order valence-corrected chi connectivity index (χ2v) is 5.73. The minimum Gasteiger partial charge on any atom is -0.366 e. The highest BCUT2D eigenvalue weighted by molar-refractivity contribution is 6.30. The highest BCUT2D eigenvalue weighted by atomic mass is 35.5. The first kappa shape index (κ1) is 19.9. The Bertz CT molecular complexity index is 650. The van der Waals surface area contributed by atoms with Crippen LogP contribution in [-0.2, 0) is 6.54 Å². The van der Waals surface area contributed by atoms with Crippen molar-refractivity contribution in [3.05, 3.63) is 52.7 Å². The summed E-state index contributed by atoms with van der Waals surface area (Å²) in [6.45, 7) is 0.326. The van der Waals surface area contributed by atoms with E-state index in [0.29, 0.717) is 23.8 Å². The zero-order chi connectivity index (χ0) is 14.8. The molecule has 0 radical (unpaired) electrons. The van der Waals surface area contributed by atoms with Gasteiger partial charge in [-0.3, -0.25) is 0 Å². The first-order valence-electron chi connectivity index (χ1n) is 6.88. The van der Waals surface area contributed by atoms with Crippen LogP contribution in [0.5, 0.6) is 0 Å². The molecule has 1 saturated carbocycles. The Balaban J connectivity index is 0.00000132. The van der Waals surface area contributed by atoms with E-state index in [4.69, 9.17) is 17.3 Å². The van der Waals surface area contributed by atoms with Gasteiger partial charge in [0.1, 0.15) is 18.0 Å². The molecule has 1 fully saturated rings. The average Bonchev–Trinajstić information content (AvgIpc) is 2.46. The largest absolute Gasteiger partial charge is 0.366 e. The summed E-state index contributed by atoms with van der Waals surface area (Å²) in [7, 11) is 0. The molecule has 1 aromatic carbocycles. The van der Waals surface area contributed by atoms with E-state index in [9.17, 15) is 4.39 Å². The summed E-state index contributed by atoms with van der Waals surface area (Å²) in [6, 6.07) is 7.13. The standard InChI is InChI=1S/C15H16ClFN4.2ClH/c16-12-3-1-2-9(15(12)17)7-19-14-6-13(20-8-21-14)10-4-11(18)5-10;;/h1-3,6,8,10-11H,4-5,7,18H2,(H,19,20,21);2*1H. The first-order valence-corrected chi connectivity index (χ1v) is 7.25. The lowest BCUT2D eigenvalue weighted by molar-refractivity contribution is 0.345. The third kappa shape index (κ3) is 4.67. The van der Waals surface area contributed by atoms with E-state index in [0.717, 1.165) is 18.5 Å². The van der Waals surface area contributed by atoms with Gasteiger partial charge in [-0.05, 0) is 18.9 Å². The first-order chi connectivity index (χ1) is 10.1. The fourth-order valence-corrected chi connectivity index (χ4v) is 2.66. The lowest BCUT2D eigenvalue weighted by Crippen LogP contribution is -2.35. The Morgan fingerprint density at radius 1 is 1.26 bits per heavy atom. The van der Waals surface area contributed by atoms with E-state index in [1.165, 1.54) is 12.4 Å². The van der Waals surface area contributed by atoms with Crippen molar-refractivity contribution in [1.82, 2.24) is 9.97 Å². The summed E-state index contributed by atoms with van der Waals surface area (Å²) >= 11 is 5.76. The number of benzene rings is 1. The molecule has 1 aromatic heterocycles. The van der Waals surface area contributed by atoms with Crippen molar-refractivity contribution in [1.29, 1.82) is 0 Å². The summed E-state index contributed by atoms with van der Waals surface area (Å²) in [4.78, 5) is 8.44. The number of anilines is 1. The zero-order valence-electron chi connectivity index (χ0n) is 12.2. The SMILES string of the molecule is Cl.Cl.NC1CC(c2cc(NCc3cccc(Cl)c3F)ncn2)C1. The molecule has 0 aliphatic heterocycles. The second kappa shape index (κ2) is 8.64. The lowest BCUT2D eigenvalue weighted by atomic mass is 9.79. The third-order valence-corrected chi connectivity index (χ3v) is 4.06. The van der Waals surface area contributed by atoms with Gasteiger partial charge in [-0.15, -0.1) is 24.8 Å². The third-order valence-electron chi connectivity index (χ3n) is 3.77. The topological polar surface area (TPSA) is 63.8 Å². The molecule has 3 N–H and O–H groups in total. The number of hydrogen-bond acceptors (Lipinski definition) is 4. The molecule has 0 bridgehead atoms. The average molecular weight is 380 g/mol. The predicted octanol–water partition coefficient (Wildman–Crippen LogP) is 3.93. The van der Waals surface area contributed by atoms with Crippen LogP contribution in [0, 0.1) is 5.82 Å². The van der Waals surface area contributed by atoms with Crippen LogP contribution in [0.4, 0.5) is 10.2 Å². The summed E-state index contributed by atoms with van der Waals surface area (Å²) in [5.74, 6) is 0.692. The molecule has 4 nitrogen and oxygen atoms in total. The highest BCUT2D eigenvalue weighted by Gasteiger charge is 2.28. The van der Waals surface area contributed by atoms with Crippen LogP contribution < -0.4 is 11.1 Å². The fraction of sp³-hybridized carbons (Fsp3) is 0.333. The van der Waals surface area contributed by atoms with Crippen LogP contribution in [0.15, 0.2) is 30.6 Å². The van der Waals surface area contributed by atoms with Gasteiger partial charge in [-0.2, -0.15) is 0 Å². The van der Waals surface area contributed by atoms with Crippen molar-refractivity contribution in [3.63, 3.8) is 0 Å². The molecule has 1 aliphatic rings. The molecule has 126 valence electrons. The number of rotatable bonds is 4. The van der Waals surface area contributed by atoms with Crippen molar-refractivity contribution in [2.75, 3.05) is 5.32 Å². The molecule has 1 aliphatic carbocycles. The highest BCUT2D eigenvalue weighted by Crippen LogP contribution is 2.34. The van der Waals surface area contributed by atoms with Crippen molar-refractivity contribution < 1.29 is 4.39 Å². The predicted molar refractivity (Wildman–Crippen MR) is 95.2 cm³/mol. The van der Waals surface area contributed by atoms with E-state index in [1.807, 2.05) is 6.07 Å². The van der Waals surface area contributed by atoms with Gasteiger partial charge in [-0.25, -0.2) is 14.4 Å². The van der Waals surface area contributed by atoms with Gasteiger partial charge in [0, 0.05) is 35.8 Å². The minimum atomic E-state index is -0.397. The van der Waals surface area contributed by atoms with E-state index < -0.39 is 5.82 Å². The minimum absolute atomic E-state index is 0. The number of aromatic nitrogens is 2. The molecule has 0 amide bonds. The van der Waals surface area contributed by atoms with Crippen LogP contribution in [0.25, 0.3) is 0 Å². The van der Waals surface area contributed by atoms with Gasteiger partial charge in [-0.1, -0.05) is 23.7 Å². The van der Waals surface area contributed by atoms with Crippen molar-refractivity contribution in [3.8, 4) is 0 Å². The van der Waals surface area contributed by atoms with Crippen molar-refractivity contribution in [2.24, 2.45) is 5.73 Å². The Hall–Kier alpha value is -1.14. The molecular formula is C15H18Cl3FN4. The maximum Gasteiger partial charge on any atom is 0.146 e. The van der Waals surface area contributed by atoms with Gasteiger partial charge >= 0.3 is 0 Å². The van der Waals surface area contributed by atoms with E-state index in [-0.39, 0.29) is 35.9 Å². The monoisotopic (exact) mass is 378 g/mol. The van der Waals surface area contributed by atoms with Crippen LogP contribution in [0.1, 0.15) is 30.0 Å². The lowest BCUT2D eigenvalue weighted by Gasteiger charge is -2.31. The van der Waals surface area contributed by atoms with Crippen LogP contribution >= 0.6 is 36.4 Å². The maximum absolute atomic E-state index is 13.8. The fourth-order valence-electron chi connectivity index (χ4n) is 2.47. The molecule has 0 spiro atoms. The molecule has 8 heteroatoms.